The summed E-state index contributed by atoms with van der Waals surface area (Å²) in [6.07, 6.45) is 1.82. The van der Waals surface area contributed by atoms with Crippen molar-refractivity contribution in [2.24, 2.45) is 7.05 Å². The largest absolute Gasteiger partial charge is 0.457 e. The van der Waals surface area contributed by atoms with Gasteiger partial charge in [-0.15, -0.1) is 0 Å². The normalized spacial score (nSPS) is 13.7. The molecule has 1 aliphatic rings. The molecule has 0 aliphatic carbocycles. The minimum Gasteiger partial charge on any atom is -0.457 e. The number of ether oxygens (including phenoxy) is 1. The number of nitrogens with zero attached hydrogens (tertiary/aromatic N) is 4. The summed E-state index contributed by atoms with van der Waals surface area (Å²) in [7, 11) is 1.65. The van der Waals surface area contributed by atoms with Crippen LogP contribution in [0.3, 0.4) is 0 Å². The van der Waals surface area contributed by atoms with Crippen molar-refractivity contribution in [3.05, 3.63) is 89.3 Å². The van der Waals surface area contributed by atoms with Crippen molar-refractivity contribution in [3.63, 3.8) is 0 Å². The summed E-state index contributed by atoms with van der Waals surface area (Å²) in [6.45, 7) is 3.75. The third kappa shape index (κ3) is 4.49. The van der Waals surface area contributed by atoms with Gasteiger partial charge in [-0.05, 0) is 36.4 Å². The van der Waals surface area contributed by atoms with Crippen molar-refractivity contribution in [1.29, 1.82) is 0 Å². The topological polar surface area (TPSA) is 72.3 Å². The molecular formula is C26H25N5O2. The maximum absolute atomic E-state index is 12.5. The molecule has 0 amide bonds. The fraction of sp³-hybridized carbons (Fsp3) is 0.192. The second-order valence-corrected chi connectivity index (χ2v) is 7.92. The van der Waals surface area contributed by atoms with Crippen molar-refractivity contribution in [1.82, 2.24) is 20.1 Å². The molecule has 0 spiro atoms. The third-order valence-corrected chi connectivity index (χ3v) is 5.70. The minimum atomic E-state index is -0.179. The van der Waals surface area contributed by atoms with E-state index in [1.54, 1.807) is 13.1 Å². The number of anilines is 1. The molecule has 5 rings (SSSR count). The SMILES string of the molecule is Cn1nc(-c2ccccc2Oc2ccccc2)c(-c2ccc(N3CCNCC3)nc2)cc1=O. The highest BCUT2D eigenvalue weighted by Gasteiger charge is 2.18. The zero-order valence-corrected chi connectivity index (χ0v) is 18.4. The number of para-hydroxylation sites is 2. The first-order chi connectivity index (χ1) is 16.2. The van der Waals surface area contributed by atoms with Gasteiger partial charge < -0.3 is 15.0 Å². The van der Waals surface area contributed by atoms with E-state index in [9.17, 15) is 4.79 Å². The standard InChI is InChI=1S/C26H25N5O2/c1-30-25(32)17-22(19-11-12-24(28-18-19)31-15-13-27-14-16-31)26(29-30)21-9-5-6-10-23(21)33-20-7-3-2-4-8-20/h2-12,17-18,27H,13-16H2,1H3. The molecule has 33 heavy (non-hydrogen) atoms. The van der Waals surface area contributed by atoms with Crippen molar-refractivity contribution >= 4 is 5.82 Å². The van der Waals surface area contributed by atoms with Crippen LogP contribution in [0.15, 0.2) is 83.8 Å². The first-order valence-corrected chi connectivity index (χ1v) is 11.0. The molecule has 1 N–H and O–H groups in total. The number of benzene rings is 2. The highest BCUT2D eigenvalue weighted by Crippen LogP contribution is 2.37. The Morgan fingerprint density at radius 3 is 2.42 bits per heavy atom. The number of nitrogens with one attached hydrogen (secondary N) is 1. The van der Waals surface area contributed by atoms with Crippen LogP contribution in [0.1, 0.15) is 0 Å². The first-order valence-electron chi connectivity index (χ1n) is 11.0. The van der Waals surface area contributed by atoms with E-state index in [0.29, 0.717) is 11.4 Å². The summed E-state index contributed by atoms with van der Waals surface area (Å²) in [5, 5.41) is 7.97. The molecule has 0 unspecified atom stereocenters. The van der Waals surface area contributed by atoms with Crippen LogP contribution in [0, 0.1) is 0 Å². The molecule has 2 aromatic heterocycles. The van der Waals surface area contributed by atoms with Gasteiger partial charge in [0.05, 0.1) is 0 Å². The number of pyridine rings is 1. The van der Waals surface area contributed by atoms with E-state index in [-0.39, 0.29) is 5.56 Å². The van der Waals surface area contributed by atoms with Crippen LogP contribution in [-0.4, -0.2) is 40.9 Å². The Balaban J connectivity index is 1.56. The third-order valence-electron chi connectivity index (χ3n) is 5.70. The fourth-order valence-corrected chi connectivity index (χ4v) is 3.95. The lowest BCUT2D eigenvalue weighted by Crippen LogP contribution is -2.43. The number of aromatic nitrogens is 3. The summed E-state index contributed by atoms with van der Waals surface area (Å²) in [5.74, 6) is 2.34. The molecule has 0 radical (unpaired) electrons. The zero-order chi connectivity index (χ0) is 22.6. The Kier molecular flexibility index (Phi) is 5.87. The molecule has 0 atom stereocenters. The Labute approximate surface area is 192 Å². The highest BCUT2D eigenvalue weighted by atomic mass is 16.5. The molecule has 1 aliphatic heterocycles. The minimum absolute atomic E-state index is 0.179. The molecule has 166 valence electrons. The van der Waals surface area contributed by atoms with Gasteiger partial charge in [-0.25, -0.2) is 9.67 Å². The van der Waals surface area contributed by atoms with Gasteiger partial charge >= 0.3 is 0 Å². The molecule has 0 bridgehead atoms. The average molecular weight is 440 g/mol. The monoisotopic (exact) mass is 439 g/mol. The lowest BCUT2D eigenvalue weighted by molar-refractivity contribution is 0.484. The second kappa shape index (κ2) is 9.26. The van der Waals surface area contributed by atoms with Gasteiger partial charge in [-0.1, -0.05) is 30.3 Å². The first kappa shape index (κ1) is 20.9. The van der Waals surface area contributed by atoms with Crippen LogP contribution in [0.5, 0.6) is 11.5 Å². The van der Waals surface area contributed by atoms with Gasteiger partial charge in [0.25, 0.3) is 5.56 Å². The van der Waals surface area contributed by atoms with Crippen LogP contribution >= 0.6 is 0 Å². The Hall–Kier alpha value is -3.97. The van der Waals surface area contributed by atoms with Gasteiger partial charge in [0.1, 0.15) is 23.0 Å². The van der Waals surface area contributed by atoms with E-state index in [0.717, 1.165) is 54.4 Å². The number of piperazine rings is 1. The molecule has 3 heterocycles. The summed E-state index contributed by atoms with van der Waals surface area (Å²) in [5.41, 5.74) is 2.85. The Morgan fingerprint density at radius 1 is 0.909 bits per heavy atom. The molecule has 1 saturated heterocycles. The average Bonchev–Trinajstić information content (AvgIpc) is 2.87. The predicted octanol–water partition coefficient (Wildman–Crippen LogP) is 3.71. The van der Waals surface area contributed by atoms with Crippen molar-refractivity contribution in [2.45, 2.75) is 0 Å². The summed E-state index contributed by atoms with van der Waals surface area (Å²) in [4.78, 5) is 19.5. The highest BCUT2D eigenvalue weighted by molar-refractivity contribution is 5.83. The Bertz CT molecular complexity index is 1300. The van der Waals surface area contributed by atoms with Gasteiger partial charge in [0.15, 0.2) is 0 Å². The quantitative estimate of drug-likeness (QED) is 0.511. The van der Waals surface area contributed by atoms with E-state index in [1.807, 2.05) is 72.9 Å². The zero-order valence-electron chi connectivity index (χ0n) is 18.4. The predicted molar refractivity (Wildman–Crippen MR) is 130 cm³/mol. The van der Waals surface area contributed by atoms with Gasteiger partial charge in [-0.2, -0.15) is 5.10 Å². The molecule has 2 aromatic carbocycles. The van der Waals surface area contributed by atoms with Crippen LogP contribution in [0.2, 0.25) is 0 Å². The van der Waals surface area contributed by atoms with Crippen LogP contribution in [0.25, 0.3) is 22.4 Å². The maximum Gasteiger partial charge on any atom is 0.267 e. The smallest absolute Gasteiger partial charge is 0.267 e. The summed E-state index contributed by atoms with van der Waals surface area (Å²) in [6, 6.07) is 23.0. The lowest BCUT2D eigenvalue weighted by atomic mass is 10.0. The van der Waals surface area contributed by atoms with Crippen LogP contribution < -0.4 is 20.5 Å². The summed E-state index contributed by atoms with van der Waals surface area (Å²) < 4.78 is 7.52. The van der Waals surface area contributed by atoms with Gasteiger partial charge in [0, 0.05) is 62.2 Å². The van der Waals surface area contributed by atoms with E-state index in [2.05, 4.69) is 20.3 Å². The van der Waals surface area contributed by atoms with E-state index in [4.69, 9.17) is 4.74 Å². The maximum atomic E-state index is 12.5. The van der Waals surface area contributed by atoms with E-state index >= 15 is 0 Å². The second-order valence-electron chi connectivity index (χ2n) is 7.92. The van der Waals surface area contributed by atoms with Gasteiger partial charge in [-0.3, -0.25) is 4.79 Å². The number of hydrogen-bond acceptors (Lipinski definition) is 6. The molecule has 7 heteroatoms. The van der Waals surface area contributed by atoms with E-state index < -0.39 is 0 Å². The molecule has 0 saturated carbocycles. The molecule has 7 nitrogen and oxygen atoms in total. The molecule has 1 fully saturated rings. The number of aryl methyl sites for hydroxylation is 1. The van der Waals surface area contributed by atoms with E-state index in [1.165, 1.54) is 4.68 Å². The number of hydrogen-bond donors (Lipinski definition) is 1. The van der Waals surface area contributed by atoms with Crippen molar-refractivity contribution in [2.75, 3.05) is 31.1 Å². The van der Waals surface area contributed by atoms with Crippen LogP contribution in [0.4, 0.5) is 5.82 Å². The van der Waals surface area contributed by atoms with Crippen LogP contribution in [-0.2, 0) is 7.05 Å². The molecule has 4 aromatic rings. The fourth-order valence-electron chi connectivity index (χ4n) is 3.95. The van der Waals surface area contributed by atoms with Crippen molar-refractivity contribution < 1.29 is 4.74 Å². The van der Waals surface area contributed by atoms with Gasteiger partial charge in [0.2, 0.25) is 0 Å². The lowest BCUT2D eigenvalue weighted by Gasteiger charge is -2.28. The number of rotatable bonds is 5. The summed E-state index contributed by atoms with van der Waals surface area (Å²) >= 11 is 0. The van der Waals surface area contributed by atoms with Crippen molar-refractivity contribution in [3.8, 4) is 33.9 Å². The Morgan fingerprint density at radius 2 is 1.67 bits per heavy atom. The molecular weight excluding hydrogens is 414 g/mol.